The number of hydrogen-bond acceptors (Lipinski definition) is 5. The van der Waals surface area contributed by atoms with Gasteiger partial charge in [0, 0.05) is 10.0 Å². The van der Waals surface area contributed by atoms with Gasteiger partial charge in [-0.15, -0.1) is 0 Å². The molecule has 0 unspecified atom stereocenters. The summed E-state index contributed by atoms with van der Waals surface area (Å²) in [4.78, 5) is 24.5. The number of rotatable bonds is 7. The third-order valence-electron chi connectivity index (χ3n) is 4.59. The Morgan fingerprint density at radius 2 is 1.68 bits per heavy atom. The summed E-state index contributed by atoms with van der Waals surface area (Å²) >= 11 is 9.77. The Labute approximate surface area is 194 Å². The van der Waals surface area contributed by atoms with Gasteiger partial charge in [0.05, 0.1) is 23.3 Å². The first-order valence-electron chi connectivity index (χ1n) is 9.40. The highest BCUT2D eigenvalue weighted by atomic mass is 79.9. The van der Waals surface area contributed by atoms with E-state index >= 15 is 0 Å². The zero-order valence-electron chi connectivity index (χ0n) is 17.0. The normalized spacial score (nSPS) is 10.5. The fraction of sp³-hybridized carbons (Fsp3) is 0.167. The second kappa shape index (κ2) is 10.5. The molecule has 0 N–H and O–H groups in total. The lowest BCUT2D eigenvalue weighted by Crippen LogP contribution is -2.10. The third kappa shape index (κ3) is 5.66. The number of methoxy groups -OCH3 is 1. The molecule has 3 aromatic rings. The maximum atomic E-state index is 12.5. The van der Waals surface area contributed by atoms with Crippen LogP contribution in [0, 0.1) is 6.92 Å². The molecule has 0 aliphatic carbocycles. The predicted molar refractivity (Wildman–Crippen MR) is 122 cm³/mol. The molecule has 3 rings (SSSR count). The quantitative estimate of drug-likeness (QED) is 0.363. The second-order valence-electron chi connectivity index (χ2n) is 6.71. The zero-order valence-corrected chi connectivity index (χ0v) is 19.3. The van der Waals surface area contributed by atoms with Crippen LogP contribution >= 0.6 is 27.5 Å². The van der Waals surface area contributed by atoms with Gasteiger partial charge in [-0.2, -0.15) is 0 Å². The molecule has 31 heavy (non-hydrogen) atoms. The van der Waals surface area contributed by atoms with Gasteiger partial charge in [0.1, 0.15) is 19.0 Å². The van der Waals surface area contributed by atoms with Crippen molar-refractivity contribution in [3.8, 4) is 5.75 Å². The molecule has 0 saturated carbocycles. The summed E-state index contributed by atoms with van der Waals surface area (Å²) in [6.07, 6.45) is 0. The lowest BCUT2D eigenvalue weighted by atomic mass is 10.1. The van der Waals surface area contributed by atoms with Gasteiger partial charge in [-0.3, -0.25) is 0 Å². The molecule has 3 aromatic carbocycles. The van der Waals surface area contributed by atoms with Crippen molar-refractivity contribution in [2.75, 3.05) is 7.11 Å². The molecule has 0 heterocycles. The number of hydrogen-bond donors (Lipinski definition) is 0. The lowest BCUT2D eigenvalue weighted by molar-refractivity contribution is 0.0472. The first-order chi connectivity index (χ1) is 14.9. The van der Waals surface area contributed by atoms with Gasteiger partial charge < -0.3 is 14.2 Å². The van der Waals surface area contributed by atoms with Crippen molar-refractivity contribution in [2.45, 2.75) is 20.1 Å². The molecule has 5 nitrogen and oxygen atoms in total. The predicted octanol–water partition coefficient (Wildman–Crippen LogP) is 6.13. The van der Waals surface area contributed by atoms with Crippen LogP contribution in [-0.2, 0) is 22.7 Å². The molecule has 7 heteroatoms. The van der Waals surface area contributed by atoms with E-state index in [1.165, 1.54) is 7.11 Å². The summed E-state index contributed by atoms with van der Waals surface area (Å²) in [5, 5.41) is 0.221. The minimum Gasteiger partial charge on any atom is -0.489 e. The molecular weight excluding hydrogens is 484 g/mol. The first-order valence-corrected chi connectivity index (χ1v) is 10.6. The Kier molecular flexibility index (Phi) is 7.71. The maximum Gasteiger partial charge on any atom is 0.339 e. The first kappa shape index (κ1) is 22.8. The number of carbonyl (C=O) groups excluding carboxylic acids is 2. The highest BCUT2D eigenvalue weighted by Gasteiger charge is 2.18. The number of esters is 2. The maximum absolute atomic E-state index is 12.5. The molecule has 0 atom stereocenters. The van der Waals surface area contributed by atoms with Crippen LogP contribution in [-0.4, -0.2) is 19.0 Å². The number of ether oxygens (including phenoxy) is 3. The van der Waals surface area contributed by atoms with E-state index in [9.17, 15) is 9.59 Å². The summed E-state index contributed by atoms with van der Waals surface area (Å²) in [6.45, 7) is 2.08. The van der Waals surface area contributed by atoms with Crippen LogP contribution in [0.4, 0.5) is 0 Å². The molecule has 0 spiro atoms. The van der Waals surface area contributed by atoms with Crippen LogP contribution in [0.25, 0.3) is 0 Å². The van der Waals surface area contributed by atoms with E-state index in [0.717, 1.165) is 10.0 Å². The summed E-state index contributed by atoms with van der Waals surface area (Å²) < 4.78 is 16.8. The Morgan fingerprint density at radius 3 is 2.39 bits per heavy atom. The van der Waals surface area contributed by atoms with Crippen LogP contribution in [0.5, 0.6) is 5.75 Å². The van der Waals surface area contributed by atoms with E-state index in [-0.39, 0.29) is 23.8 Å². The Morgan fingerprint density at radius 1 is 0.935 bits per heavy atom. The fourth-order valence-electron chi connectivity index (χ4n) is 2.93. The van der Waals surface area contributed by atoms with E-state index in [1.54, 1.807) is 31.2 Å². The van der Waals surface area contributed by atoms with E-state index < -0.39 is 11.9 Å². The van der Waals surface area contributed by atoms with Crippen LogP contribution in [0.3, 0.4) is 0 Å². The van der Waals surface area contributed by atoms with Crippen molar-refractivity contribution in [1.29, 1.82) is 0 Å². The summed E-state index contributed by atoms with van der Waals surface area (Å²) in [5.41, 5.74) is 2.91. The number of halogens is 2. The van der Waals surface area contributed by atoms with E-state index in [2.05, 4.69) is 15.9 Å². The van der Waals surface area contributed by atoms with E-state index in [1.807, 2.05) is 36.4 Å². The molecule has 0 saturated heterocycles. The van der Waals surface area contributed by atoms with Gasteiger partial charge in [0.15, 0.2) is 0 Å². The van der Waals surface area contributed by atoms with Crippen molar-refractivity contribution < 1.29 is 23.8 Å². The summed E-state index contributed by atoms with van der Waals surface area (Å²) in [7, 11) is 1.33. The van der Waals surface area contributed by atoms with Gasteiger partial charge in [-0.25, -0.2) is 9.59 Å². The molecule has 0 amide bonds. The SMILES string of the molecule is COC(=O)c1cccc(Br)c1COc1cc(Cl)c(C(=O)OCc2ccccc2)cc1C. The highest BCUT2D eigenvalue weighted by molar-refractivity contribution is 9.10. The molecule has 0 fully saturated rings. The van der Waals surface area contributed by atoms with Crippen LogP contribution < -0.4 is 4.74 Å². The van der Waals surface area contributed by atoms with Crippen molar-refractivity contribution in [3.63, 3.8) is 0 Å². The Hall–Kier alpha value is -2.83. The third-order valence-corrected chi connectivity index (χ3v) is 5.65. The molecule has 0 aliphatic rings. The van der Waals surface area contributed by atoms with E-state index in [0.29, 0.717) is 22.4 Å². The van der Waals surface area contributed by atoms with Crippen molar-refractivity contribution in [3.05, 3.63) is 98.0 Å². The second-order valence-corrected chi connectivity index (χ2v) is 7.97. The smallest absolute Gasteiger partial charge is 0.339 e. The summed E-state index contributed by atoms with van der Waals surface area (Å²) in [6, 6.07) is 17.8. The molecular formula is C24H20BrClO5. The molecule has 0 bridgehead atoms. The molecule has 160 valence electrons. The fourth-order valence-corrected chi connectivity index (χ4v) is 3.64. The number of aryl methyl sites for hydroxylation is 1. The minimum absolute atomic E-state index is 0.112. The number of benzene rings is 3. The Bertz CT molecular complexity index is 1100. The topological polar surface area (TPSA) is 61.8 Å². The molecule has 0 radical (unpaired) electrons. The van der Waals surface area contributed by atoms with Crippen molar-refractivity contribution in [2.24, 2.45) is 0 Å². The molecule has 0 aliphatic heterocycles. The largest absolute Gasteiger partial charge is 0.489 e. The summed E-state index contributed by atoms with van der Waals surface area (Å²) in [5.74, 6) is -0.468. The monoisotopic (exact) mass is 502 g/mol. The van der Waals surface area contributed by atoms with Crippen LogP contribution in [0.2, 0.25) is 5.02 Å². The van der Waals surface area contributed by atoms with Crippen LogP contribution in [0.1, 0.15) is 37.4 Å². The van der Waals surface area contributed by atoms with Crippen molar-refractivity contribution in [1.82, 2.24) is 0 Å². The minimum atomic E-state index is -0.512. The van der Waals surface area contributed by atoms with Crippen molar-refractivity contribution >= 4 is 39.5 Å². The average molecular weight is 504 g/mol. The zero-order chi connectivity index (χ0) is 22.4. The van der Waals surface area contributed by atoms with Gasteiger partial charge in [0.25, 0.3) is 0 Å². The highest BCUT2D eigenvalue weighted by Crippen LogP contribution is 2.30. The number of carbonyl (C=O) groups is 2. The molecule has 0 aromatic heterocycles. The van der Waals surface area contributed by atoms with Gasteiger partial charge in [0.2, 0.25) is 0 Å². The van der Waals surface area contributed by atoms with E-state index in [4.69, 9.17) is 25.8 Å². The van der Waals surface area contributed by atoms with Gasteiger partial charge in [-0.05, 0) is 42.3 Å². The standard InChI is InChI=1S/C24H20BrClO5/c1-15-11-18(24(28)31-13-16-7-4-3-5-8-16)21(26)12-22(15)30-14-19-17(23(27)29-2)9-6-10-20(19)25/h3-12H,13-14H2,1-2H3. The van der Waals surface area contributed by atoms with Crippen LogP contribution in [0.15, 0.2) is 65.1 Å². The average Bonchev–Trinajstić information content (AvgIpc) is 2.78. The van der Waals surface area contributed by atoms with Gasteiger partial charge >= 0.3 is 11.9 Å². The van der Waals surface area contributed by atoms with Gasteiger partial charge in [-0.1, -0.05) is 63.9 Å². The Balaban J connectivity index is 1.74. The lowest BCUT2D eigenvalue weighted by Gasteiger charge is -2.15.